The van der Waals surface area contributed by atoms with Gasteiger partial charge in [0.05, 0.1) is 5.75 Å². The molecule has 1 fully saturated rings. The fourth-order valence-corrected chi connectivity index (χ4v) is 6.05. The molecule has 0 saturated carbocycles. The summed E-state index contributed by atoms with van der Waals surface area (Å²) >= 11 is 7.63. The second-order valence-corrected chi connectivity index (χ2v) is 10.6. The van der Waals surface area contributed by atoms with Crippen molar-refractivity contribution in [3.63, 3.8) is 0 Å². The van der Waals surface area contributed by atoms with Crippen molar-refractivity contribution in [2.75, 3.05) is 25.4 Å². The summed E-state index contributed by atoms with van der Waals surface area (Å²) in [6.45, 7) is 1.04. The fraction of sp³-hybridized carbons (Fsp3) is 0.381. The number of halogens is 2. The molecule has 1 N–H and O–H groups in total. The number of sulfonamides is 1. The molecule has 0 radical (unpaired) electrons. The molecular weight excluding hydrogens is 447 g/mol. The smallest absolute Gasteiger partial charge is 0.223 e. The van der Waals surface area contributed by atoms with Gasteiger partial charge in [0.25, 0.3) is 0 Å². The minimum atomic E-state index is -3.71. The lowest BCUT2D eigenvalue weighted by Gasteiger charge is -2.30. The Kier molecular flexibility index (Phi) is 8.16. The average molecular weight is 471 g/mol. The van der Waals surface area contributed by atoms with Crippen LogP contribution in [0.1, 0.15) is 18.4 Å². The summed E-state index contributed by atoms with van der Waals surface area (Å²) in [5.41, 5.74) is -0.0186. The van der Waals surface area contributed by atoms with E-state index < -0.39 is 21.6 Å². The third-order valence-corrected chi connectivity index (χ3v) is 8.19. The predicted molar refractivity (Wildman–Crippen MR) is 119 cm³/mol. The number of benzene rings is 2. The fourth-order valence-electron chi connectivity index (χ4n) is 3.34. The maximum Gasteiger partial charge on any atom is 0.223 e. The highest BCUT2D eigenvalue weighted by Crippen LogP contribution is 2.26. The Balaban J connectivity index is 1.45. The Labute approximate surface area is 186 Å². The second kappa shape index (κ2) is 10.6. The molecule has 0 aliphatic carbocycles. The first-order valence-corrected chi connectivity index (χ1v) is 12.7. The van der Waals surface area contributed by atoms with Crippen LogP contribution in [-0.4, -0.2) is 44.0 Å². The van der Waals surface area contributed by atoms with Crippen molar-refractivity contribution in [1.82, 2.24) is 9.62 Å². The molecule has 1 amide bonds. The standard InChI is InChI=1S/C21H24ClFN2O3S2/c22-19-7-4-8-20(23)18(19)15-30(27,28)25-12-9-16(10-13-25)21(26)24-11-14-29-17-5-2-1-3-6-17/h1-8,16H,9-15H2,(H,24,26). The van der Waals surface area contributed by atoms with Crippen molar-refractivity contribution >= 4 is 39.3 Å². The van der Waals surface area contributed by atoms with Gasteiger partial charge in [0.2, 0.25) is 15.9 Å². The van der Waals surface area contributed by atoms with Gasteiger partial charge >= 0.3 is 0 Å². The molecule has 3 rings (SSSR count). The number of hydrogen-bond donors (Lipinski definition) is 1. The first kappa shape index (κ1) is 23.1. The van der Waals surface area contributed by atoms with Gasteiger partial charge in [-0.15, -0.1) is 11.8 Å². The number of hydrogen-bond acceptors (Lipinski definition) is 4. The number of nitrogens with zero attached hydrogens (tertiary/aromatic N) is 1. The maximum atomic E-state index is 13.9. The summed E-state index contributed by atoms with van der Waals surface area (Å²) in [5.74, 6) is -0.597. The molecule has 162 valence electrons. The largest absolute Gasteiger partial charge is 0.355 e. The number of nitrogens with one attached hydrogen (secondary N) is 1. The van der Waals surface area contributed by atoms with Crippen LogP contribution in [0.5, 0.6) is 0 Å². The Morgan fingerprint density at radius 3 is 2.50 bits per heavy atom. The van der Waals surface area contributed by atoms with Crippen LogP contribution in [0.3, 0.4) is 0 Å². The average Bonchev–Trinajstić information content (AvgIpc) is 2.75. The van der Waals surface area contributed by atoms with Crippen LogP contribution in [-0.2, 0) is 20.6 Å². The lowest BCUT2D eigenvalue weighted by molar-refractivity contribution is -0.125. The van der Waals surface area contributed by atoms with E-state index in [0.29, 0.717) is 19.4 Å². The van der Waals surface area contributed by atoms with Gasteiger partial charge in [-0.2, -0.15) is 0 Å². The van der Waals surface area contributed by atoms with Crippen molar-refractivity contribution in [3.8, 4) is 0 Å². The SMILES string of the molecule is O=C(NCCSc1ccccc1)C1CCN(S(=O)(=O)Cc2c(F)cccc2Cl)CC1. The van der Waals surface area contributed by atoms with Gasteiger partial charge in [-0.3, -0.25) is 4.79 Å². The van der Waals surface area contributed by atoms with Gasteiger partial charge in [-0.25, -0.2) is 17.1 Å². The van der Waals surface area contributed by atoms with Crippen LogP contribution in [0.2, 0.25) is 5.02 Å². The first-order valence-electron chi connectivity index (χ1n) is 9.73. The molecule has 30 heavy (non-hydrogen) atoms. The van der Waals surface area contributed by atoms with Gasteiger partial charge in [0, 0.05) is 46.8 Å². The molecule has 1 aliphatic heterocycles. The van der Waals surface area contributed by atoms with E-state index in [-0.39, 0.29) is 35.5 Å². The van der Waals surface area contributed by atoms with Crippen LogP contribution in [0.4, 0.5) is 4.39 Å². The predicted octanol–water partition coefficient (Wildman–Crippen LogP) is 3.93. The molecule has 1 aliphatic rings. The highest BCUT2D eigenvalue weighted by atomic mass is 35.5. The second-order valence-electron chi connectivity index (χ2n) is 7.08. The molecule has 9 heteroatoms. The summed E-state index contributed by atoms with van der Waals surface area (Å²) in [6, 6.07) is 14.1. The van der Waals surface area contributed by atoms with Gasteiger partial charge in [0.1, 0.15) is 5.82 Å². The number of carbonyl (C=O) groups excluding carboxylic acids is 1. The summed E-state index contributed by atoms with van der Waals surface area (Å²) in [4.78, 5) is 13.5. The van der Waals surface area contributed by atoms with Crippen LogP contribution in [0, 0.1) is 11.7 Å². The van der Waals surface area contributed by atoms with Crippen LogP contribution in [0.25, 0.3) is 0 Å². The molecule has 0 spiro atoms. The highest BCUT2D eigenvalue weighted by molar-refractivity contribution is 7.99. The Hall–Kier alpha value is -1.61. The van der Waals surface area contributed by atoms with E-state index in [1.807, 2.05) is 30.3 Å². The zero-order chi connectivity index (χ0) is 21.6. The van der Waals surface area contributed by atoms with Crippen LogP contribution in [0.15, 0.2) is 53.4 Å². The number of amides is 1. The maximum absolute atomic E-state index is 13.9. The lowest BCUT2D eigenvalue weighted by Crippen LogP contribution is -2.43. The molecular formula is C21H24ClFN2O3S2. The lowest BCUT2D eigenvalue weighted by atomic mass is 9.97. The molecule has 1 heterocycles. The van der Waals surface area contributed by atoms with E-state index in [0.717, 1.165) is 10.6 Å². The number of piperidine rings is 1. The minimum absolute atomic E-state index is 0.0186. The van der Waals surface area contributed by atoms with Crippen molar-refractivity contribution in [3.05, 3.63) is 64.9 Å². The first-order chi connectivity index (χ1) is 14.4. The molecule has 0 atom stereocenters. The number of thioether (sulfide) groups is 1. The summed E-state index contributed by atoms with van der Waals surface area (Å²) in [5, 5.41) is 3.03. The van der Waals surface area contributed by atoms with Crippen molar-refractivity contribution in [2.45, 2.75) is 23.5 Å². The third kappa shape index (κ3) is 6.20. The van der Waals surface area contributed by atoms with Gasteiger partial charge in [0.15, 0.2) is 0 Å². The zero-order valence-electron chi connectivity index (χ0n) is 16.4. The summed E-state index contributed by atoms with van der Waals surface area (Å²) in [6.07, 6.45) is 0.893. The van der Waals surface area contributed by atoms with Crippen molar-refractivity contribution in [1.29, 1.82) is 0 Å². The Bertz CT molecular complexity index is 945. The Morgan fingerprint density at radius 1 is 1.13 bits per heavy atom. The van der Waals surface area contributed by atoms with E-state index >= 15 is 0 Å². The molecule has 0 unspecified atom stereocenters. The molecule has 1 saturated heterocycles. The highest BCUT2D eigenvalue weighted by Gasteiger charge is 2.32. The molecule has 5 nitrogen and oxygen atoms in total. The van der Waals surface area contributed by atoms with Gasteiger partial charge in [-0.1, -0.05) is 35.9 Å². The third-order valence-electron chi connectivity index (χ3n) is 5.02. The van der Waals surface area contributed by atoms with E-state index in [1.54, 1.807) is 11.8 Å². The van der Waals surface area contributed by atoms with E-state index in [1.165, 1.54) is 22.5 Å². The van der Waals surface area contributed by atoms with Crippen molar-refractivity contribution in [2.24, 2.45) is 5.92 Å². The van der Waals surface area contributed by atoms with E-state index in [2.05, 4.69) is 5.32 Å². The quantitative estimate of drug-likeness (QED) is 0.469. The van der Waals surface area contributed by atoms with E-state index in [9.17, 15) is 17.6 Å². The molecule has 2 aromatic carbocycles. The normalized spacial score (nSPS) is 15.8. The van der Waals surface area contributed by atoms with Crippen LogP contribution < -0.4 is 5.32 Å². The zero-order valence-corrected chi connectivity index (χ0v) is 18.8. The van der Waals surface area contributed by atoms with Gasteiger partial charge in [-0.05, 0) is 37.1 Å². The van der Waals surface area contributed by atoms with E-state index in [4.69, 9.17) is 11.6 Å². The number of carbonyl (C=O) groups is 1. The molecule has 0 aromatic heterocycles. The van der Waals surface area contributed by atoms with Gasteiger partial charge < -0.3 is 5.32 Å². The summed E-state index contributed by atoms with van der Waals surface area (Å²) in [7, 11) is -3.71. The van der Waals surface area contributed by atoms with Crippen molar-refractivity contribution < 1.29 is 17.6 Å². The number of rotatable bonds is 8. The molecule has 0 bridgehead atoms. The topological polar surface area (TPSA) is 66.5 Å². The Morgan fingerprint density at radius 2 is 1.83 bits per heavy atom. The monoisotopic (exact) mass is 470 g/mol. The summed E-state index contributed by atoms with van der Waals surface area (Å²) < 4.78 is 40.6. The molecule has 2 aromatic rings. The minimum Gasteiger partial charge on any atom is -0.355 e. The van der Waals surface area contributed by atoms with Crippen LogP contribution >= 0.6 is 23.4 Å².